The second-order valence-corrected chi connectivity index (χ2v) is 2.74. The van der Waals surface area contributed by atoms with Crippen LogP contribution in [0.5, 0.6) is 5.75 Å². The van der Waals surface area contributed by atoms with E-state index in [-0.39, 0.29) is 49.8 Å². The Labute approximate surface area is 112 Å². The molecule has 0 saturated carbocycles. The van der Waals surface area contributed by atoms with Gasteiger partial charge in [-0.3, -0.25) is 0 Å². The number of phenols is 1. The minimum absolute atomic E-state index is 0. The zero-order valence-electron chi connectivity index (χ0n) is 6.66. The van der Waals surface area contributed by atoms with Crippen molar-refractivity contribution in [3.05, 3.63) is 29.3 Å². The van der Waals surface area contributed by atoms with E-state index in [9.17, 15) is 5.11 Å². The second-order valence-electron chi connectivity index (χ2n) is 2.33. The van der Waals surface area contributed by atoms with Crippen molar-refractivity contribution in [2.75, 3.05) is 0 Å². The Bertz CT molecular complexity index is 263. The van der Waals surface area contributed by atoms with Gasteiger partial charge in [0.15, 0.2) is 5.56 Å². The van der Waals surface area contributed by atoms with Gasteiger partial charge in [0, 0.05) is 49.6 Å². The molecule has 1 rings (SSSR count). The first-order chi connectivity index (χ1) is 5.13. The van der Waals surface area contributed by atoms with Crippen LogP contribution in [0.4, 0.5) is 0 Å². The van der Waals surface area contributed by atoms with Gasteiger partial charge in [-0.25, -0.2) is 0 Å². The van der Waals surface area contributed by atoms with Gasteiger partial charge in [-0.2, -0.15) is 0 Å². The fourth-order valence-corrected chi connectivity index (χ4v) is 1.14. The molecule has 4 heteroatoms. The molecule has 0 amide bonds. The first-order valence-electron chi connectivity index (χ1n) is 3.23. The molecule has 0 aromatic heterocycles. The summed E-state index contributed by atoms with van der Waals surface area (Å²) in [7, 11) is 0. The summed E-state index contributed by atoms with van der Waals surface area (Å²) in [4.78, 5) is 0. The third-order valence-corrected chi connectivity index (χ3v) is 1.84. The van der Waals surface area contributed by atoms with E-state index in [0.29, 0.717) is 11.1 Å². The topological polar surface area (TPSA) is 40.5 Å². The Morgan fingerprint density at radius 1 is 1.42 bits per heavy atom. The van der Waals surface area contributed by atoms with Crippen LogP contribution in [0.2, 0.25) is 0 Å². The largest absolute Gasteiger partial charge is 0.508 e. The number of hydrogen-bond donors (Lipinski definition) is 2. The molecule has 1 radical (unpaired) electrons. The maximum atomic E-state index is 9.18. The van der Waals surface area contributed by atoms with Crippen LogP contribution in [-0.2, 0) is 0 Å². The van der Waals surface area contributed by atoms with Crippen molar-refractivity contribution in [1.82, 2.24) is 0 Å². The summed E-state index contributed by atoms with van der Waals surface area (Å²) in [6.45, 7) is 1.70. The zero-order chi connectivity index (χ0) is 8.43. The van der Waals surface area contributed by atoms with Gasteiger partial charge in [-0.1, -0.05) is 23.7 Å². The molecule has 0 bridgehead atoms. The van der Waals surface area contributed by atoms with Crippen LogP contribution in [0.1, 0.15) is 16.7 Å². The summed E-state index contributed by atoms with van der Waals surface area (Å²) >= 11 is 5.42. The molecule has 0 aliphatic rings. The maximum absolute atomic E-state index is 9.18. The molecule has 0 unspecified atom stereocenters. The number of alkyl halides is 1. The number of phenolic OH excluding ortho intramolecular Hbond substituents is 1. The van der Waals surface area contributed by atoms with Gasteiger partial charge in [0.2, 0.25) is 0 Å². The molecule has 0 heterocycles. The van der Waals surface area contributed by atoms with Crippen molar-refractivity contribution in [1.29, 1.82) is 0 Å². The van der Waals surface area contributed by atoms with Gasteiger partial charge in [0.25, 0.3) is 0 Å². The van der Waals surface area contributed by atoms with Crippen molar-refractivity contribution in [2.45, 2.75) is 12.5 Å². The monoisotopic (exact) mass is 399 g/mol. The quantitative estimate of drug-likeness (QED) is 0.709. The van der Waals surface area contributed by atoms with Gasteiger partial charge in [-0.15, -0.1) is 0 Å². The molecule has 0 spiro atoms. The number of halogens is 1. The maximum Gasteiger partial charge on any atom is 0.153 e. The number of hydrogen-bond acceptors (Lipinski definition) is 2. The Morgan fingerprint density at radius 3 is 2.42 bits per heavy atom. The average Bonchev–Trinajstić information content (AvgIpc) is 1.94. The average molecular weight is 400 g/mol. The number of aliphatic hydroxyl groups is 1. The van der Waals surface area contributed by atoms with Crippen molar-refractivity contribution in [2.24, 2.45) is 0 Å². The molecular formula is C8H9AcClO2. The predicted molar refractivity (Wildman–Crippen MR) is 43.7 cm³/mol. The van der Waals surface area contributed by atoms with Crippen molar-refractivity contribution < 1.29 is 54.3 Å². The summed E-state index contributed by atoms with van der Waals surface area (Å²) in [5, 5.41) is 18.2. The predicted octanol–water partition coefficient (Wildman–Crippen LogP) is 1.93. The molecule has 1 aromatic rings. The number of benzene rings is 1. The van der Waals surface area contributed by atoms with Crippen LogP contribution in [0.15, 0.2) is 18.2 Å². The molecule has 0 aliphatic carbocycles. The van der Waals surface area contributed by atoms with Gasteiger partial charge in [0.1, 0.15) is 5.75 Å². The number of aliphatic hydroxyl groups excluding tert-OH is 1. The SMILES string of the molecule is Cc1c(O)cccc1[C@@H](O)Cl.[Ac]. The summed E-state index contributed by atoms with van der Waals surface area (Å²) in [6, 6.07) is 4.87. The van der Waals surface area contributed by atoms with Gasteiger partial charge >= 0.3 is 0 Å². The Kier molecular flexibility index (Phi) is 5.77. The van der Waals surface area contributed by atoms with E-state index < -0.39 is 5.56 Å². The Morgan fingerprint density at radius 2 is 2.00 bits per heavy atom. The van der Waals surface area contributed by atoms with Crippen LogP contribution in [0, 0.1) is 51.0 Å². The fraction of sp³-hybridized carbons (Fsp3) is 0.250. The van der Waals surface area contributed by atoms with Crippen LogP contribution in [0.3, 0.4) is 0 Å². The molecular weight excluding hydrogens is 391 g/mol. The first kappa shape index (κ1) is 12.7. The summed E-state index contributed by atoms with van der Waals surface area (Å²) in [6.07, 6.45) is 0. The molecule has 63 valence electrons. The molecule has 1 atom stereocenters. The zero-order valence-corrected chi connectivity index (χ0v) is 12.2. The second kappa shape index (κ2) is 5.44. The van der Waals surface area contributed by atoms with Crippen LogP contribution in [0.25, 0.3) is 0 Å². The van der Waals surface area contributed by atoms with Crippen LogP contribution >= 0.6 is 11.6 Å². The van der Waals surface area contributed by atoms with E-state index in [1.807, 2.05) is 0 Å². The molecule has 2 N–H and O–H groups in total. The van der Waals surface area contributed by atoms with E-state index in [2.05, 4.69) is 0 Å². The van der Waals surface area contributed by atoms with Crippen molar-refractivity contribution in [3.8, 4) is 5.75 Å². The van der Waals surface area contributed by atoms with Crippen LogP contribution < -0.4 is 0 Å². The summed E-state index contributed by atoms with van der Waals surface area (Å²) in [5.41, 5.74) is 0.128. The van der Waals surface area contributed by atoms with Crippen molar-refractivity contribution in [3.63, 3.8) is 0 Å². The van der Waals surface area contributed by atoms with E-state index in [1.54, 1.807) is 25.1 Å². The van der Waals surface area contributed by atoms with E-state index in [0.717, 1.165) is 0 Å². The Hall–Kier alpha value is 0.712. The van der Waals surface area contributed by atoms with Crippen molar-refractivity contribution >= 4 is 11.6 Å². The number of aromatic hydroxyl groups is 1. The minimum atomic E-state index is -1.04. The molecule has 1 aromatic carbocycles. The Balaban J connectivity index is 0.00000121. The van der Waals surface area contributed by atoms with Gasteiger partial charge in [-0.05, 0) is 18.6 Å². The van der Waals surface area contributed by atoms with Gasteiger partial charge in [0.05, 0.1) is 0 Å². The van der Waals surface area contributed by atoms with E-state index >= 15 is 0 Å². The summed E-state index contributed by atoms with van der Waals surface area (Å²) in [5.74, 6) is 0.155. The third-order valence-electron chi connectivity index (χ3n) is 1.60. The normalized spacial score (nSPS) is 11.9. The van der Waals surface area contributed by atoms with Crippen LogP contribution in [-0.4, -0.2) is 10.2 Å². The minimum Gasteiger partial charge on any atom is -0.508 e. The molecule has 12 heavy (non-hydrogen) atoms. The smallest absolute Gasteiger partial charge is 0.153 e. The van der Waals surface area contributed by atoms with E-state index in [1.165, 1.54) is 0 Å². The van der Waals surface area contributed by atoms with E-state index in [4.69, 9.17) is 16.7 Å². The standard InChI is InChI=1S/C8H9ClO2.Ac/c1-5-6(8(9)11)3-2-4-7(5)10;/h2-4,8,10-11H,1H3;/t8-;/m1./s1. The molecule has 0 fully saturated rings. The molecule has 0 saturated heterocycles. The first-order valence-corrected chi connectivity index (χ1v) is 3.67. The van der Waals surface area contributed by atoms with Gasteiger partial charge < -0.3 is 10.2 Å². The molecule has 2 nitrogen and oxygen atoms in total. The third kappa shape index (κ3) is 2.89. The fourth-order valence-electron chi connectivity index (χ4n) is 0.899. The summed E-state index contributed by atoms with van der Waals surface area (Å²) < 4.78 is 0. The number of rotatable bonds is 1. The molecule has 0 aliphatic heterocycles.